The predicted octanol–water partition coefficient (Wildman–Crippen LogP) is 3.39. The Morgan fingerprint density at radius 2 is 1.77 bits per heavy atom. The molecule has 0 aliphatic carbocycles. The molecule has 0 saturated carbocycles. The second kappa shape index (κ2) is 10.7. The molecule has 3 rings (SSSR count). The Morgan fingerprint density at radius 3 is 2.52 bits per heavy atom. The van der Waals surface area contributed by atoms with Crippen molar-refractivity contribution in [3.63, 3.8) is 0 Å². The van der Waals surface area contributed by atoms with Crippen molar-refractivity contribution < 1.29 is 20.1 Å². The number of para-hydroxylation sites is 1. The highest BCUT2D eigenvalue weighted by atomic mass is 16.3. The molecule has 0 bridgehead atoms. The third-order valence-electron chi connectivity index (χ3n) is 5.08. The number of carbonyl (C=O) groups is 1. The molecule has 6 nitrogen and oxygen atoms in total. The lowest BCUT2D eigenvalue weighted by molar-refractivity contribution is 0.102. The topological polar surface area (TPSA) is 102 Å². The number of amides is 1. The zero-order valence-corrected chi connectivity index (χ0v) is 17.5. The molecular formula is C25H28N2O4. The molecule has 0 fully saturated rings. The van der Waals surface area contributed by atoms with Crippen LogP contribution in [0.25, 0.3) is 0 Å². The first-order valence-electron chi connectivity index (χ1n) is 10.3. The molecule has 0 aliphatic rings. The van der Waals surface area contributed by atoms with E-state index in [1.54, 1.807) is 18.2 Å². The van der Waals surface area contributed by atoms with E-state index in [1.807, 2.05) is 55.5 Å². The largest absolute Gasteiger partial charge is 0.508 e. The van der Waals surface area contributed by atoms with Gasteiger partial charge < -0.3 is 26.0 Å². The van der Waals surface area contributed by atoms with Crippen molar-refractivity contribution in [2.75, 3.05) is 11.9 Å². The van der Waals surface area contributed by atoms with E-state index in [0.29, 0.717) is 29.7 Å². The first-order chi connectivity index (χ1) is 15.0. The maximum atomic E-state index is 12.5. The Hall–Kier alpha value is -3.19. The summed E-state index contributed by atoms with van der Waals surface area (Å²) in [6.07, 6.45) is -0.0762. The number of carbonyl (C=O) groups excluding carboxylic acids is 1. The van der Waals surface area contributed by atoms with Crippen LogP contribution in [0.1, 0.15) is 40.1 Å². The van der Waals surface area contributed by atoms with Crippen molar-refractivity contribution in [2.45, 2.75) is 32.1 Å². The fraction of sp³-hybridized carbons (Fsp3) is 0.240. The van der Waals surface area contributed by atoms with Crippen molar-refractivity contribution in [1.29, 1.82) is 0 Å². The van der Waals surface area contributed by atoms with Crippen LogP contribution < -0.4 is 10.6 Å². The molecule has 31 heavy (non-hydrogen) atoms. The fourth-order valence-electron chi connectivity index (χ4n) is 3.36. The van der Waals surface area contributed by atoms with Gasteiger partial charge in [0, 0.05) is 29.4 Å². The highest BCUT2D eigenvalue weighted by Crippen LogP contribution is 2.22. The number of anilines is 1. The number of benzene rings is 3. The van der Waals surface area contributed by atoms with Gasteiger partial charge >= 0.3 is 0 Å². The molecule has 1 amide bonds. The highest BCUT2D eigenvalue weighted by Gasteiger charge is 2.13. The van der Waals surface area contributed by atoms with Crippen LogP contribution in [0, 0.1) is 0 Å². The van der Waals surface area contributed by atoms with Crippen LogP contribution in [0.5, 0.6) is 5.75 Å². The molecule has 3 aromatic carbocycles. The molecule has 162 valence electrons. The monoisotopic (exact) mass is 420 g/mol. The zero-order chi connectivity index (χ0) is 22.2. The normalized spacial score (nSPS) is 12.9. The lowest BCUT2D eigenvalue weighted by Gasteiger charge is -2.18. The number of aromatic hydroxyl groups is 1. The average Bonchev–Trinajstić information content (AvgIpc) is 2.78. The molecule has 3 aromatic rings. The number of hydrogen-bond acceptors (Lipinski definition) is 5. The maximum Gasteiger partial charge on any atom is 0.255 e. The molecule has 0 aliphatic heterocycles. The van der Waals surface area contributed by atoms with Crippen molar-refractivity contribution in [1.82, 2.24) is 5.32 Å². The van der Waals surface area contributed by atoms with E-state index >= 15 is 0 Å². The van der Waals surface area contributed by atoms with Gasteiger partial charge in [-0.15, -0.1) is 0 Å². The molecular weight excluding hydrogens is 392 g/mol. The van der Waals surface area contributed by atoms with Gasteiger partial charge in [-0.25, -0.2) is 0 Å². The van der Waals surface area contributed by atoms with E-state index < -0.39 is 6.10 Å². The van der Waals surface area contributed by atoms with Gasteiger partial charge in [-0.1, -0.05) is 36.4 Å². The number of aliphatic hydroxyl groups is 2. The van der Waals surface area contributed by atoms with Gasteiger partial charge in [0.1, 0.15) is 5.75 Å². The standard InChI is InChI=1S/C25H28N2O4/c1-17(26-15-24(30)19-10-11-23(29)21(14-19)16-28)12-18-6-5-7-20(13-18)25(31)27-22-8-3-2-4-9-22/h2-11,13-14,17,24,26,28-30H,12,15-16H2,1H3,(H,27,31)/t17-,24-/m1/s1. The Labute approximate surface area is 182 Å². The number of nitrogens with one attached hydrogen (secondary N) is 2. The van der Waals surface area contributed by atoms with Gasteiger partial charge in [0.25, 0.3) is 5.91 Å². The van der Waals surface area contributed by atoms with Gasteiger partial charge in [0.05, 0.1) is 12.7 Å². The van der Waals surface area contributed by atoms with E-state index in [1.165, 1.54) is 6.07 Å². The lowest BCUT2D eigenvalue weighted by atomic mass is 10.0. The van der Waals surface area contributed by atoms with E-state index in [9.17, 15) is 20.1 Å². The molecule has 0 spiro atoms. The van der Waals surface area contributed by atoms with Gasteiger partial charge in [0.15, 0.2) is 0 Å². The summed E-state index contributed by atoms with van der Waals surface area (Å²) in [4.78, 5) is 12.5. The Balaban J connectivity index is 1.55. The summed E-state index contributed by atoms with van der Waals surface area (Å²) in [5, 5.41) is 35.5. The van der Waals surface area contributed by atoms with Crippen LogP contribution in [0.15, 0.2) is 72.8 Å². The minimum absolute atomic E-state index is 0.0101. The third kappa shape index (κ3) is 6.39. The average molecular weight is 421 g/mol. The van der Waals surface area contributed by atoms with Crippen molar-refractivity contribution in [3.8, 4) is 5.75 Å². The Bertz CT molecular complexity index is 1010. The highest BCUT2D eigenvalue weighted by molar-refractivity contribution is 6.04. The van der Waals surface area contributed by atoms with E-state index in [2.05, 4.69) is 10.6 Å². The maximum absolute atomic E-state index is 12.5. The van der Waals surface area contributed by atoms with E-state index in [0.717, 1.165) is 11.3 Å². The molecule has 0 heterocycles. The van der Waals surface area contributed by atoms with Crippen molar-refractivity contribution in [3.05, 3.63) is 95.1 Å². The summed E-state index contributed by atoms with van der Waals surface area (Å²) in [5.41, 5.74) is 3.37. The minimum atomic E-state index is -0.767. The quantitative estimate of drug-likeness (QED) is 0.365. The van der Waals surface area contributed by atoms with Crippen LogP contribution in [-0.2, 0) is 13.0 Å². The van der Waals surface area contributed by atoms with Crippen LogP contribution in [0.4, 0.5) is 5.69 Å². The number of rotatable bonds is 9. The van der Waals surface area contributed by atoms with Gasteiger partial charge in [-0.05, 0) is 60.9 Å². The van der Waals surface area contributed by atoms with Gasteiger partial charge in [-0.3, -0.25) is 4.79 Å². The molecule has 5 N–H and O–H groups in total. The molecule has 0 saturated heterocycles. The number of aliphatic hydroxyl groups excluding tert-OH is 2. The summed E-state index contributed by atoms with van der Waals surface area (Å²) in [6, 6.07) is 21.6. The van der Waals surface area contributed by atoms with Gasteiger partial charge in [-0.2, -0.15) is 0 Å². The first kappa shape index (κ1) is 22.5. The summed E-state index contributed by atoms with van der Waals surface area (Å²) in [5.74, 6) is -0.146. The molecule has 0 aromatic heterocycles. The number of hydrogen-bond donors (Lipinski definition) is 5. The zero-order valence-electron chi connectivity index (χ0n) is 17.5. The second-order valence-electron chi connectivity index (χ2n) is 7.60. The second-order valence-corrected chi connectivity index (χ2v) is 7.60. The SMILES string of the molecule is C[C@H](Cc1cccc(C(=O)Nc2ccccc2)c1)NC[C@@H](O)c1ccc(O)c(CO)c1. The van der Waals surface area contributed by atoms with Crippen LogP contribution in [0.3, 0.4) is 0 Å². The first-order valence-corrected chi connectivity index (χ1v) is 10.3. The van der Waals surface area contributed by atoms with Crippen LogP contribution in [-0.4, -0.2) is 33.8 Å². The van der Waals surface area contributed by atoms with E-state index in [4.69, 9.17) is 0 Å². The smallest absolute Gasteiger partial charge is 0.255 e. The summed E-state index contributed by atoms with van der Waals surface area (Å²) < 4.78 is 0. The Morgan fingerprint density at radius 1 is 1.00 bits per heavy atom. The predicted molar refractivity (Wildman–Crippen MR) is 121 cm³/mol. The minimum Gasteiger partial charge on any atom is -0.508 e. The molecule has 2 atom stereocenters. The molecule has 6 heteroatoms. The van der Waals surface area contributed by atoms with E-state index in [-0.39, 0.29) is 24.3 Å². The number of phenols is 1. The summed E-state index contributed by atoms with van der Waals surface area (Å²) >= 11 is 0. The van der Waals surface area contributed by atoms with Crippen LogP contribution >= 0.6 is 0 Å². The van der Waals surface area contributed by atoms with Gasteiger partial charge in [0.2, 0.25) is 0 Å². The van der Waals surface area contributed by atoms with Crippen molar-refractivity contribution in [2.24, 2.45) is 0 Å². The summed E-state index contributed by atoms with van der Waals surface area (Å²) in [6.45, 7) is 2.05. The summed E-state index contributed by atoms with van der Waals surface area (Å²) in [7, 11) is 0. The lowest BCUT2D eigenvalue weighted by Crippen LogP contribution is -2.32. The molecule has 0 unspecified atom stereocenters. The van der Waals surface area contributed by atoms with Crippen LogP contribution in [0.2, 0.25) is 0 Å². The molecule has 0 radical (unpaired) electrons. The third-order valence-corrected chi connectivity index (χ3v) is 5.08. The van der Waals surface area contributed by atoms with Crippen molar-refractivity contribution >= 4 is 11.6 Å². The fourth-order valence-corrected chi connectivity index (χ4v) is 3.36. The Kier molecular flexibility index (Phi) is 7.78.